The minimum absolute atomic E-state index is 0.0331. The van der Waals surface area contributed by atoms with Gasteiger partial charge in [-0.05, 0) is 24.1 Å². The van der Waals surface area contributed by atoms with Crippen LogP contribution in [0.3, 0.4) is 0 Å². The molecule has 2 heterocycles. The monoisotopic (exact) mass is 396 g/mol. The highest BCUT2D eigenvalue weighted by Gasteiger charge is 2.33. The van der Waals surface area contributed by atoms with Gasteiger partial charge in [-0.2, -0.15) is 0 Å². The number of rotatable bonds is 5. The molecule has 1 aromatic rings. The molecule has 2 aliphatic rings. The van der Waals surface area contributed by atoms with Gasteiger partial charge in [0.05, 0.1) is 18.8 Å². The number of aliphatic hydroxyl groups is 2. The Morgan fingerprint density at radius 1 is 1.36 bits per heavy atom. The minimum Gasteiger partial charge on any atom is -0.436 e. The molecule has 2 atom stereocenters. The number of cyclic esters (lactones) is 1. The molecule has 1 saturated heterocycles. The van der Waals surface area contributed by atoms with Crippen molar-refractivity contribution in [3.05, 3.63) is 35.4 Å². The Morgan fingerprint density at radius 2 is 2.04 bits per heavy atom. The van der Waals surface area contributed by atoms with E-state index in [4.69, 9.17) is 9.84 Å². The van der Waals surface area contributed by atoms with E-state index in [0.29, 0.717) is 11.9 Å². The first-order valence-corrected chi connectivity index (χ1v) is 8.55. The van der Waals surface area contributed by atoms with E-state index in [1.807, 2.05) is 0 Å². The molecule has 0 unspecified atom stereocenters. The van der Waals surface area contributed by atoms with Gasteiger partial charge in [0, 0.05) is 18.7 Å². The number of carbonyl (C=O) groups is 3. The van der Waals surface area contributed by atoms with Gasteiger partial charge in [0.2, 0.25) is 0 Å². The molecule has 150 valence electrons. The van der Waals surface area contributed by atoms with E-state index in [1.54, 1.807) is 0 Å². The van der Waals surface area contributed by atoms with Gasteiger partial charge in [0.1, 0.15) is 11.6 Å². The summed E-state index contributed by atoms with van der Waals surface area (Å²) in [5.74, 6) is -2.44. The van der Waals surface area contributed by atoms with Crippen molar-refractivity contribution in [1.29, 1.82) is 0 Å². The molecule has 0 radical (unpaired) electrons. The van der Waals surface area contributed by atoms with Gasteiger partial charge in [0.15, 0.2) is 18.5 Å². The number of halogens is 2. The van der Waals surface area contributed by atoms with Crippen LogP contribution in [0, 0.1) is 11.6 Å². The minimum atomic E-state index is -1.53. The average molecular weight is 396 g/mol. The van der Waals surface area contributed by atoms with Gasteiger partial charge in [-0.15, -0.1) is 0 Å². The number of carbonyl (C=O) groups excluding carboxylic acids is 3. The number of aliphatic hydroxyl groups excluding tert-OH is 2. The number of anilines is 1. The molecule has 0 aliphatic carbocycles. The summed E-state index contributed by atoms with van der Waals surface area (Å²) in [6, 6.07) is 1.97. The summed E-state index contributed by atoms with van der Waals surface area (Å²) in [5.41, 5.74) is 0.0179. The van der Waals surface area contributed by atoms with E-state index in [0.717, 1.165) is 17.0 Å². The molecular formula is C18H18F2N2O6. The van der Waals surface area contributed by atoms with Crippen LogP contribution < -0.4 is 4.90 Å². The molecule has 0 aromatic heterocycles. The SMILES string of the molecule is O=C[C@H]1CN(c2cc(F)c(C3=CCN(C(=O)[C@@H](O)CO)CC3)c(F)c2)C(=O)O1. The van der Waals surface area contributed by atoms with Crippen LogP contribution in [-0.4, -0.2) is 71.8 Å². The number of hydrogen-bond acceptors (Lipinski definition) is 6. The molecule has 0 spiro atoms. The van der Waals surface area contributed by atoms with Crippen LogP contribution in [0.1, 0.15) is 12.0 Å². The van der Waals surface area contributed by atoms with Crippen molar-refractivity contribution in [3.63, 3.8) is 0 Å². The molecule has 3 rings (SSSR count). The van der Waals surface area contributed by atoms with Crippen molar-refractivity contribution in [1.82, 2.24) is 4.90 Å². The Hall–Kier alpha value is -2.85. The summed E-state index contributed by atoms with van der Waals surface area (Å²) in [4.78, 5) is 36.6. The van der Waals surface area contributed by atoms with E-state index in [2.05, 4.69) is 0 Å². The van der Waals surface area contributed by atoms with Crippen LogP contribution in [0.2, 0.25) is 0 Å². The zero-order valence-electron chi connectivity index (χ0n) is 14.7. The van der Waals surface area contributed by atoms with Crippen molar-refractivity contribution in [2.24, 2.45) is 0 Å². The Balaban J connectivity index is 1.81. The Labute approximate surface area is 158 Å². The zero-order chi connectivity index (χ0) is 20.4. The molecular weight excluding hydrogens is 378 g/mol. The number of ether oxygens (including phenoxy) is 1. The lowest BCUT2D eigenvalue weighted by Gasteiger charge is -2.28. The molecule has 2 N–H and O–H groups in total. The number of hydrogen-bond donors (Lipinski definition) is 2. The zero-order valence-corrected chi connectivity index (χ0v) is 14.7. The lowest BCUT2D eigenvalue weighted by atomic mass is 9.97. The number of aldehydes is 1. The molecule has 1 fully saturated rings. The highest BCUT2D eigenvalue weighted by Crippen LogP contribution is 2.32. The summed E-state index contributed by atoms with van der Waals surface area (Å²) in [6.45, 7) is -0.679. The van der Waals surface area contributed by atoms with E-state index in [-0.39, 0.29) is 37.3 Å². The van der Waals surface area contributed by atoms with Crippen LogP contribution in [0.25, 0.3) is 5.57 Å². The lowest BCUT2D eigenvalue weighted by molar-refractivity contribution is -0.141. The first-order chi connectivity index (χ1) is 13.3. The van der Waals surface area contributed by atoms with Gasteiger partial charge in [-0.3, -0.25) is 14.5 Å². The molecule has 10 heteroatoms. The van der Waals surface area contributed by atoms with Crippen molar-refractivity contribution in [3.8, 4) is 0 Å². The average Bonchev–Trinajstić information content (AvgIpc) is 3.07. The van der Waals surface area contributed by atoms with Crippen molar-refractivity contribution >= 4 is 29.5 Å². The topological polar surface area (TPSA) is 107 Å². The predicted molar refractivity (Wildman–Crippen MR) is 92.3 cm³/mol. The summed E-state index contributed by atoms with van der Waals surface area (Å²) < 4.78 is 34.0. The fraction of sp³-hybridized carbons (Fsp3) is 0.389. The third-order valence-electron chi connectivity index (χ3n) is 4.63. The normalized spacial score (nSPS) is 20.6. The van der Waals surface area contributed by atoms with Gasteiger partial charge >= 0.3 is 6.09 Å². The third-order valence-corrected chi connectivity index (χ3v) is 4.63. The summed E-state index contributed by atoms with van der Waals surface area (Å²) in [7, 11) is 0. The largest absolute Gasteiger partial charge is 0.436 e. The van der Waals surface area contributed by atoms with Crippen LogP contribution in [-0.2, 0) is 14.3 Å². The van der Waals surface area contributed by atoms with Crippen LogP contribution >= 0.6 is 0 Å². The second-order valence-electron chi connectivity index (χ2n) is 6.42. The maximum atomic E-state index is 14.6. The number of benzene rings is 1. The van der Waals surface area contributed by atoms with Gasteiger partial charge < -0.3 is 19.8 Å². The molecule has 8 nitrogen and oxygen atoms in total. The van der Waals surface area contributed by atoms with Crippen molar-refractivity contribution < 1.29 is 38.1 Å². The van der Waals surface area contributed by atoms with Gasteiger partial charge in [0.25, 0.3) is 5.91 Å². The predicted octanol–water partition coefficient (Wildman–Crippen LogP) is 0.458. The van der Waals surface area contributed by atoms with Crippen LogP contribution in [0.15, 0.2) is 18.2 Å². The van der Waals surface area contributed by atoms with Crippen molar-refractivity contribution in [2.75, 3.05) is 31.1 Å². The Kier molecular flexibility index (Phi) is 5.71. The summed E-state index contributed by atoms with van der Waals surface area (Å²) >= 11 is 0. The Bertz CT molecular complexity index is 820. The van der Waals surface area contributed by atoms with E-state index < -0.39 is 42.4 Å². The first-order valence-electron chi connectivity index (χ1n) is 8.55. The number of amides is 2. The standard InChI is InChI=1S/C18H18F2N2O6/c19-13-5-11(22-7-12(8-23)28-18(22)27)6-14(20)16(13)10-1-3-21(4-2-10)17(26)15(25)9-24/h1,5-6,8,12,15,24-25H,2-4,7,9H2/t12-,15+/m1/s1. The fourth-order valence-electron chi connectivity index (χ4n) is 3.17. The second-order valence-corrected chi connectivity index (χ2v) is 6.42. The molecule has 2 aliphatic heterocycles. The first kappa shape index (κ1) is 19.9. The second kappa shape index (κ2) is 8.03. The van der Waals surface area contributed by atoms with Crippen LogP contribution in [0.5, 0.6) is 0 Å². The van der Waals surface area contributed by atoms with E-state index >= 15 is 0 Å². The van der Waals surface area contributed by atoms with Gasteiger partial charge in [-0.1, -0.05) is 6.08 Å². The number of nitrogens with zero attached hydrogens (tertiary/aromatic N) is 2. The third kappa shape index (κ3) is 3.73. The fourth-order valence-corrected chi connectivity index (χ4v) is 3.17. The Morgan fingerprint density at radius 3 is 2.54 bits per heavy atom. The highest BCUT2D eigenvalue weighted by atomic mass is 19.1. The maximum absolute atomic E-state index is 14.6. The smallest absolute Gasteiger partial charge is 0.415 e. The van der Waals surface area contributed by atoms with Crippen molar-refractivity contribution in [2.45, 2.75) is 18.6 Å². The van der Waals surface area contributed by atoms with Crippen LogP contribution in [0.4, 0.5) is 19.3 Å². The maximum Gasteiger partial charge on any atom is 0.415 e. The van der Waals surface area contributed by atoms with E-state index in [1.165, 1.54) is 11.0 Å². The quantitative estimate of drug-likeness (QED) is 0.701. The molecule has 28 heavy (non-hydrogen) atoms. The molecule has 0 bridgehead atoms. The summed E-state index contributed by atoms with van der Waals surface area (Å²) in [6.07, 6.45) is -1.32. The van der Waals surface area contributed by atoms with E-state index in [9.17, 15) is 28.3 Å². The van der Waals surface area contributed by atoms with Gasteiger partial charge in [-0.25, -0.2) is 13.6 Å². The summed E-state index contributed by atoms with van der Waals surface area (Å²) in [5, 5.41) is 18.2. The lowest BCUT2D eigenvalue weighted by Crippen LogP contribution is -2.42. The highest BCUT2D eigenvalue weighted by molar-refractivity contribution is 5.92. The molecule has 2 amide bonds. The molecule has 0 saturated carbocycles. The molecule has 1 aromatic carbocycles.